The predicted octanol–water partition coefficient (Wildman–Crippen LogP) is 5.01. The van der Waals surface area contributed by atoms with Crippen molar-refractivity contribution in [3.8, 4) is 16.3 Å². The number of carbonyl (C=O) groups is 1. The van der Waals surface area contributed by atoms with Gasteiger partial charge in [-0.3, -0.25) is 0 Å². The molecule has 0 unspecified atom stereocenters. The second kappa shape index (κ2) is 7.07. The standard InChI is InChI=1S/C20H19NO3S/c1-12-4-9-17(13(2)10-12)24-11-15-5-7-16(8-6-15)19-21-14(3)18(25-19)20(22)23/h4-10H,11H2,1-3H3,(H,22,23). The van der Waals surface area contributed by atoms with Crippen LogP contribution in [0.3, 0.4) is 0 Å². The fourth-order valence-corrected chi connectivity index (χ4v) is 3.49. The molecule has 5 heteroatoms. The topological polar surface area (TPSA) is 59.4 Å². The molecule has 0 aliphatic rings. The quantitative estimate of drug-likeness (QED) is 0.700. The number of aromatic carboxylic acids is 1. The van der Waals surface area contributed by atoms with Crippen molar-refractivity contribution in [3.05, 3.63) is 69.7 Å². The van der Waals surface area contributed by atoms with Crippen molar-refractivity contribution in [1.29, 1.82) is 0 Å². The molecule has 3 rings (SSSR count). The monoisotopic (exact) mass is 353 g/mol. The number of aryl methyl sites for hydroxylation is 3. The SMILES string of the molecule is Cc1ccc(OCc2ccc(-c3nc(C)c(C(=O)O)s3)cc2)c(C)c1. The zero-order chi connectivity index (χ0) is 18.0. The molecule has 3 aromatic rings. The molecule has 0 spiro atoms. The first-order chi connectivity index (χ1) is 11.9. The molecule has 0 fully saturated rings. The highest BCUT2D eigenvalue weighted by Gasteiger charge is 2.14. The van der Waals surface area contributed by atoms with Crippen molar-refractivity contribution < 1.29 is 14.6 Å². The maximum Gasteiger partial charge on any atom is 0.347 e. The number of benzene rings is 2. The van der Waals surface area contributed by atoms with Crippen LogP contribution in [0.2, 0.25) is 0 Å². The molecule has 1 heterocycles. The van der Waals surface area contributed by atoms with Crippen LogP contribution in [0.25, 0.3) is 10.6 Å². The number of hydrogen-bond donors (Lipinski definition) is 1. The van der Waals surface area contributed by atoms with Gasteiger partial charge in [-0.25, -0.2) is 9.78 Å². The summed E-state index contributed by atoms with van der Waals surface area (Å²) in [6.45, 7) is 6.30. The number of hydrogen-bond acceptors (Lipinski definition) is 4. The maximum atomic E-state index is 11.1. The highest BCUT2D eigenvalue weighted by molar-refractivity contribution is 7.17. The molecule has 1 aromatic heterocycles. The van der Waals surface area contributed by atoms with Crippen LogP contribution in [-0.4, -0.2) is 16.1 Å². The average molecular weight is 353 g/mol. The summed E-state index contributed by atoms with van der Waals surface area (Å²) >= 11 is 1.20. The van der Waals surface area contributed by atoms with Crippen LogP contribution in [-0.2, 0) is 6.61 Å². The van der Waals surface area contributed by atoms with E-state index in [-0.39, 0.29) is 4.88 Å². The fraction of sp³-hybridized carbons (Fsp3) is 0.200. The van der Waals surface area contributed by atoms with Crippen LogP contribution in [0, 0.1) is 20.8 Å². The molecule has 0 radical (unpaired) electrons. The lowest BCUT2D eigenvalue weighted by molar-refractivity contribution is 0.0701. The molecule has 128 valence electrons. The van der Waals surface area contributed by atoms with Crippen LogP contribution in [0.5, 0.6) is 5.75 Å². The number of ether oxygens (including phenoxy) is 1. The minimum absolute atomic E-state index is 0.289. The van der Waals surface area contributed by atoms with Gasteiger partial charge in [-0.2, -0.15) is 0 Å². The van der Waals surface area contributed by atoms with E-state index in [1.165, 1.54) is 16.9 Å². The van der Waals surface area contributed by atoms with Crippen molar-refractivity contribution in [3.63, 3.8) is 0 Å². The van der Waals surface area contributed by atoms with E-state index in [4.69, 9.17) is 9.84 Å². The molecule has 4 nitrogen and oxygen atoms in total. The van der Waals surface area contributed by atoms with E-state index in [1.54, 1.807) is 6.92 Å². The number of rotatable bonds is 5. The maximum absolute atomic E-state index is 11.1. The fourth-order valence-electron chi connectivity index (χ4n) is 2.58. The van der Waals surface area contributed by atoms with Gasteiger partial charge in [-0.1, -0.05) is 42.0 Å². The van der Waals surface area contributed by atoms with Gasteiger partial charge >= 0.3 is 5.97 Å². The summed E-state index contributed by atoms with van der Waals surface area (Å²) in [7, 11) is 0. The van der Waals surface area contributed by atoms with E-state index in [9.17, 15) is 4.79 Å². The molecule has 0 aliphatic heterocycles. The Hall–Kier alpha value is -2.66. The Balaban J connectivity index is 1.72. The summed E-state index contributed by atoms with van der Waals surface area (Å²) in [6.07, 6.45) is 0. The largest absolute Gasteiger partial charge is 0.489 e. The summed E-state index contributed by atoms with van der Waals surface area (Å²) in [5.74, 6) is -0.0453. The first-order valence-electron chi connectivity index (χ1n) is 7.94. The van der Waals surface area contributed by atoms with Gasteiger partial charge in [0.15, 0.2) is 0 Å². The van der Waals surface area contributed by atoms with E-state index in [2.05, 4.69) is 18.0 Å². The highest BCUT2D eigenvalue weighted by Crippen LogP contribution is 2.28. The van der Waals surface area contributed by atoms with Gasteiger partial charge in [0.05, 0.1) is 5.69 Å². The van der Waals surface area contributed by atoms with Gasteiger partial charge in [-0.15, -0.1) is 11.3 Å². The Morgan fingerprint density at radius 3 is 2.44 bits per heavy atom. The van der Waals surface area contributed by atoms with Crippen molar-refractivity contribution in [2.75, 3.05) is 0 Å². The minimum Gasteiger partial charge on any atom is -0.489 e. The van der Waals surface area contributed by atoms with E-state index >= 15 is 0 Å². The zero-order valence-electron chi connectivity index (χ0n) is 14.4. The van der Waals surface area contributed by atoms with Crippen molar-refractivity contribution in [2.45, 2.75) is 27.4 Å². The third kappa shape index (κ3) is 3.88. The molecule has 0 amide bonds. The zero-order valence-corrected chi connectivity index (χ0v) is 15.2. The van der Waals surface area contributed by atoms with Crippen LogP contribution in [0.15, 0.2) is 42.5 Å². The third-order valence-electron chi connectivity index (χ3n) is 3.92. The molecule has 1 N–H and O–H groups in total. The lowest BCUT2D eigenvalue weighted by Crippen LogP contribution is -1.97. The van der Waals surface area contributed by atoms with E-state index in [1.807, 2.05) is 43.3 Å². The number of carboxylic acids is 1. The molecular weight excluding hydrogens is 334 g/mol. The molecule has 0 atom stereocenters. The third-order valence-corrected chi connectivity index (χ3v) is 5.11. The van der Waals surface area contributed by atoms with Gasteiger partial charge < -0.3 is 9.84 Å². The van der Waals surface area contributed by atoms with Crippen LogP contribution in [0.4, 0.5) is 0 Å². The Morgan fingerprint density at radius 1 is 1.12 bits per heavy atom. The number of nitrogens with zero attached hydrogens (tertiary/aromatic N) is 1. The Morgan fingerprint density at radius 2 is 1.84 bits per heavy atom. The van der Waals surface area contributed by atoms with E-state index in [0.717, 1.165) is 27.4 Å². The second-order valence-corrected chi connectivity index (χ2v) is 6.99. The first kappa shape index (κ1) is 17.2. The summed E-state index contributed by atoms with van der Waals surface area (Å²) < 4.78 is 5.89. The van der Waals surface area contributed by atoms with Crippen molar-refractivity contribution in [2.24, 2.45) is 0 Å². The lowest BCUT2D eigenvalue weighted by Gasteiger charge is -2.10. The van der Waals surface area contributed by atoms with Crippen molar-refractivity contribution in [1.82, 2.24) is 4.98 Å². The molecule has 25 heavy (non-hydrogen) atoms. The minimum atomic E-state index is -0.931. The Kier molecular flexibility index (Phi) is 4.86. The normalized spacial score (nSPS) is 10.7. The predicted molar refractivity (Wildman–Crippen MR) is 99.5 cm³/mol. The second-order valence-electron chi connectivity index (χ2n) is 5.99. The lowest BCUT2D eigenvalue weighted by atomic mass is 10.1. The van der Waals surface area contributed by atoms with Gasteiger partial charge in [0.1, 0.15) is 22.2 Å². The van der Waals surface area contributed by atoms with Gasteiger partial charge in [0, 0.05) is 5.56 Å². The van der Waals surface area contributed by atoms with Gasteiger partial charge in [0.2, 0.25) is 0 Å². The molecule has 0 saturated heterocycles. The molecule has 0 aliphatic carbocycles. The van der Waals surface area contributed by atoms with Crippen LogP contribution in [0.1, 0.15) is 32.1 Å². The van der Waals surface area contributed by atoms with Crippen molar-refractivity contribution >= 4 is 17.3 Å². The van der Waals surface area contributed by atoms with E-state index < -0.39 is 5.97 Å². The highest BCUT2D eigenvalue weighted by atomic mass is 32.1. The Labute approximate surface area is 150 Å². The van der Waals surface area contributed by atoms with E-state index in [0.29, 0.717) is 12.3 Å². The Bertz CT molecular complexity index is 913. The summed E-state index contributed by atoms with van der Waals surface area (Å²) in [4.78, 5) is 15.8. The van der Waals surface area contributed by atoms with Crippen LogP contribution >= 0.6 is 11.3 Å². The number of thiazole rings is 1. The number of carboxylic acid groups (broad SMARTS) is 1. The number of aromatic nitrogens is 1. The molecule has 0 bridgehead atoms. The van der Waals surface area contributed by atoms with Crippen LogP contribution < -0.4 is 4.74 Å². The van der Waals surface area contributed by atoms with Gasteiger partial charge in [-0.05, 0) is 38.0 Å². The summed E-state index contributed by atoms with van der Waals surface area (Å²) in [5.41, 5.74) is 4.85. The molecular formula is C20H19NO3S. The summed E-state index contributed by atoms with van der Waals surface area (Å²) in [6, 6.07) is 14.0. The first-order valence-corrected chi connectivity index (χ1v) is 8.76. The molecule has 2 aromatic carbocycles. The summed E-state index contributed by atoms with van der Waals surface area (Å²) in [5, 5.41) is 9.86. The molecule has 0 saturated carbocycles. The smallest absolute Gasteiger partial charge is 0.347 e. The average Bonchev–Trinajstić information content (AvgIpc) is 2.97. The van der Waals surface area contributed by atoms with Gasteiger partial charge in [0.25, 0.3) is 0 Å².